The standard InChI is InChI=1S/2H3O3PS.Zr/c2*1-4(2,3)5;/h2*(H3,1,2,3,5);. The summed E-state index contributed by atoms with van der Waals surface area (Å²) in [6, 6.07) is 0. The molecule has 6 nitrogen and oxygen atoms in total. The van der Waals surface area contributed by atoms with Crippen LogP contribution in [0.4, 0.5) is 0 Å². The molecule has 0 aromatic heterocycles. The van der Waals surface area contributed by atoms with Gasteiger partial charge in [-0.3, -0.25) is 0 Å². The molecule has 6 N–H and O–H groups in total. The molecule has 0 heterocycles. The van der Waals surface area contributed by atoms with Gasteiger partial charge in [0, 0.05) is 26.2 Å². The molecule has 0 aromatic carbocycles. The van der Waals surface area contributed by atoms with Crippen LogP contribution in [0.25, 0.3) is 0 Å². The fourth-order valence-electron chi connectivity index (χ4n) is 0. The Morgan fingerprint density at radius 3 is 0.636 bits per heavy atom. The van der Waals surface area contributed by atoms with Crippen LogP contribution in [0.3, 0.4) is 0 Å². The third-order valence-electron chi connectivity index (χ3n) is 0. The molecule has 68 valence electrons. The third kappa shape index (κ3) is 313. The van der Waals surface area contributed by atoms with E-state index in [0.717, 1.165) is 0 Å². The molecular weight excluding hydrogens is 313 g/mol. The van der Waals surface area contributed by atoms with Crippen molar-refractivity contribution in [3.63, 3.8) is 0 Å². The van der Waals surface area contributed by atoms with Crippen molar-refractivity contribution in [3.05, 3.63) is 0 Å². The van der Waals surface area contributed by atoms with E-state index < -0.39 is 13.4 Å². The molecule has 0 fully saturated rings. The molecule has 0 rings (SSSR count). The van der Waals surface area contributed by atoms with Gasteiger partial charge in [0.15, 0.2) is 0 Å². The molecule has 0 aromatic rings. The van der Waals surface area contributed by atoms with Crippen molar-refractivity contribution in [2.75, 3.05) is 0 Å². The molecular formula is H6O6P2S2Zr. The Hall–Kier alpha value is 1.94. The summed E-state index contributed by atoms with van der Waals surface area (Å²) < 4.78 is 0. The molecule has 0 atom stereocenters. The van der Waals surface area contributed by atoms with Crippen molar-refractivity contribution < 1.29 is 55.6 Å². The normalized spacial score (nSPS) is 10.7. The zero-order valence-corrected chi connectivity index (χ0v) is 10.8. The van der Waals surface area contributed by atoms with Crippen molar-refractivity contribution >= 4 is 37.1 Å². The van der Waals surface area contributed by atoms with Crippen LogP contribution in [0, 0.1) is 0 Å². The van der Waals surface area contributed by atoms with Gasteiger partial charge >= 0.3 is 13.4 Å². The monoisotopic (exact) mass is 318 g/mol. The van der Waals surface area contributed by atoms with Gasteiger partial charge in [-0.1, -0.05) is 0 Å². The van der Waals surface area contributed by atoms with E-state index in [1.54, 1.807) is 0 Å². The third-order valence-corrected chi connectivity index (χ3v) is 0. The smallest absolute Gasteiger partial charge is 0.319 e. The first-order valence-electron chi connectivity index (χ1n) is 1.57. The first-order valence-corrected chi connectivity index (χ1v) is 6.89. The quantitative estimate of drug-likeness (QED) is 0.295. The summed E-state index contributed by atoms with van der Waals surface area (Å²) in [4.78, 5) is 45.3. The van der Waals surface area contributed by atoms with Crippen LogP contribution in [0.5, 0.6) is 0 Å². The second kappa shape index (κ2) is 7.36. The minimum Gasteiger partial charge on any atom is -0.325 e. The molecule has 0 radical (unpaired) electrons. The van der Waals surface area contributed by atoms with Crippen LogP contribution in [0.1, 0.15) is 0 Å². The summed E-state index contributed by atoms with van der Waals surface area (Å²) in [5.41, 5.74) is 0. The van der Waals surface area contributed by atoms with Crippen LogP contribution in [0.2, 0.25) is 0 Å². The maximum absolute atomic E-state index is 7.56. The van der Waals surface area contributed by atoms with Gasteiger partial charge in [-0.15, -0.1) is 0 Å². The Morgan fingerprint density at radius 1 is 0.636 bits per heavy atom. The van der Waals surface area contributed by atoms with E-state index in [9.17, 15) is 0 Å². The van der Waals surface area contributed by atoms with Gasteiger partial charge in [0.2, 0.25) is 0 Å². The molecule has 0 aliphatic heterocycles. The van der Waals surface area contributed by atoms with Crippen molar-refractivity contribution in [2.24, 2.45) is 0 Å². The summed E-state index contributed by atoms with van der Waals surface area (Å²) in [7, 11) is 0. The zero-order chi connectivity index (χ0) is 9.00. The SMILES string of the molecule is OP(O)(O)=S.OP(O)(O)=S.[Zr]. The molecule has 11 heavy (non-hydrogen) atoms. The largest absolute Gasteiger partial charge is 0.325 e. The Morgan fingerprint density at radius 2 is 0.636 bits per heavy atom. The molecule has 0 amide bonds. The summed E-state index contributed by atoms with van der Waals surface area (Å²) in [6.45, 7) is -7.61. The Bertz CT molecular complexity index is 131. The van der Waals surface area contributed by atoms with Gasteiger partial charge in [0.1, 0.15) is 0 Å². The molecule has 0 aliphatic rings. The van der Waals surface area contributed by atoms with Gasteiger partial charge in [0.05, 0.1) is 0 Å². The van der Waals surface area contributed by atoms with Crippen LogP contribution >= 0.6 is 13.4 Å². The minimum atomic E-state index is -3.81. The Kier molecular flexibility index (Phi) is 12.5. The van der Waals surface area contributed by atoms with E-state index in [1.165, 1.54) is 0 Å². The second-order valence-electron chi connectivity index (χ2n) is 1.03. The fourth-order valence-corrected chi connectivity index (χ4v) is 0. The van der Waals surface area contributed by atoms with E-state index >= 15 is 0 Å². The van der Waals surface area contributed by atoms with Gasteiger partial charge in [-0.05, 0) is 23.6 Å². The van der Waals surface area contributed by atoms with Crippen LogP contribution in [0.15, 0.2) is 0 Å². The number of rotatable bonds is 0. The fraction of sp³-hybridized carbons (Fsp3) is 0. The molecule has 0 saturated carbocycles. The summed E-state index contributed by atoms with van der Waals surface area (Å²) in [5.74, 6) is 0. The molecule has 0 bridgehead atoms. The van der Waals surface area contributed by atoms with E-state index in [4.69, 9.17) is 29.4 Å². The van der Waals surface area contributed by atoms with E-state index in [0.29, 0.717) is 0 Å². The first-order chi connectivity index (χ1) is 4.00. The second-order valence-corrected chi connectivity index (χ2v) is 6.02. The molecule has 0 aliphatic carbocycles. The summed E-state index contributed by atoms with van der Waals surface area (Å²) in [6.07, 6.45) is 0. The van der Waals surface area contributed by atoms with Crippen molar-refractivity contribution in [2.45, 2.75) is 0 Å². The zero-order valence-electron chi connectivity index (χ0n) is 4.89. The minimum absolute atomic E-state index is 0. The molecule has 11 heteroatoms. The van der Waals surface area contributed by atoms with Crippen molar-refractivity contribution in [1.82, 2.24) is 0 Å². The van der Waals surface area contributed by atoms with Crippen molar-refractivity contribution in [3.8, 4) is 0 Å². The molecule has 0 spiro atoms. The van der Waals surface area contributed by atoms with E-state index in [1.807, 2.05) is 0 Å². The summed E-state index contributed by atoms with van der Waals surface area (Å²) in [5, 5.41) is 0. The maximum atomic E-state index is 7.56. The maximum Gasteiger partial charge on any atom is 0.319 e. The Labute approximate surface area is 92.2 Å². The van der Waals surface area contributed by atoms with Crippen molar-refractivity contribution in [1.29, 1.82) is 0 Å². The first kappa shape index (κ1) is 18.7. The summed E-state index contributed by atoms with van der Waals surface area (Å²) >= 11 is 7.21. The van der Waals surface area contributed by atoms with Gasteiger partial charge < -0.3 is 29.4 Å². The van der Waals surface area contributed by atoms with Crippen LogP contribution < -0.4 is 0 Å². The van der Waals surface area contributed by atoms with Crippen LogP contribution in [-0.2, 0) is 49.8 Å². The van der Waals surface area contributed by atoms with Gasteiger partial charge in [-0.2, -0.15) is 0 Å². The number of hydrogen-bond acceptors (Lipinski definition) is 2. The average Bonchev–Trinajstić information content (AvgIpc) is 1.12. The number of hydrogen-bond donors (Lipinski definition) is 6. The molecule has 0 unspecified atom stereocenters. The van der Waals surface area contributed by atoms with Gasteiger partial charge in [0.25, 0.3) is 0 Å². The van der Waals surface area contributed by atoms with Crippen LogP contribution in [-0.4, -0.2) is 29.4 Å². The van der Waals surface area contributed by atoms with Gasteiger partial charge in [-0.25, -0.2) is 0 Å². The predicted molar refractivity (Wildman–Crippen MR) is 41.9 cm³/mol. The predicted octanol–water partition coefficient (Wildman–Crippen LogP) is -1.63. The average molecular weight is 319 g/mol. The Balaban J connectivity index is -0.000000107. The topological polar surface area (TPSA) is 121 Å². The van der Waals surface area contributed by atoms with E-state index in [-0.39, 0.29) is 26.2 Å². The molecule has 0 saturated heterocycles. The van der Waals surface area contributed by atoms with E-state index in [2.05, 4.69) is 23.6 Å².